The van der Waals surface area contributed by atoms with Gasteiger partial charge in [0.15, 0.2) is 0 Å². The van der Waals surface area contributed by atoms with Crippen molar-refractivity contribution in [1.82, 2.24) is 0 Å². The first kappa shape index (κ1) is 14.6. The highest BCUT2D eigenvalue weighted by Crippen LogP contribution is 2.31. The quantitative estimate of drug-likeness (QED) is 0.909. The van der Waals surface area contributed by atoms with E-state index in [9.17, 15) is 0 Å². The molecule has 2 atom stereocenters. The number of hydrogen-bond acceptors (Lipinski definition) is 4. The molecule has 3 nitrogen and oxygen atoms in total. The molecular formula is C16H18N2OS. The number of rotatable bonds is 5. The van der Waals surface area contributed by atoms with Gasteiger partial charge >= 0.3 is 0 Å². The van der Waals surface area contributed by atoms with Crippen LogP contribution in [0.5, 0.6) is 5.75 Å². The minimum absolute atomic E-state index is 0.0974. The second-order valence-electron chi connectivity index (χ2n) is 4.67. The molecule has 0 aliphatic heterocycles. The Hall–Kier alpha value is -1.83. The van der Waals surface area contributed by atoms with Gasteiger partial charge in [0, 0.05) is 15.8 Å². The molecule has 2 N–H and O–H groups in total. The van der Waals surface area contributed by atoms with E-state index in [0.717, 1.165) is 11.3 Å². The lowest BCUT2D eigenvalue weighted by molar-refractivity contribution is 0.174. The standard InChI is InChI=1S/C16H18N2OS/c1-3-13(18)16(15-9-8-11(2)20-15)19-14-7-5-4-6-12(14)10-17/h4-9,13,16H,3,18H2,1-2H3. The highest BCUT2D eigenvalue weighted by Gasteiger charge is 2.23. The van der Waals surface area contributed by atoms with Gasteiger partial charge in [-0.2, -0.15) is 5.26 Å². The van der Waals surface area contributed by atoms with Gasteiger partial charge in [-0.15, -0.1) is 11.3 Å². The predicted octanol–water partition coefficient (Wildman–Crippen LogP) is 3.79. The minimum Gasteiger partial charge on any atom is -0.482 e. The summed E-state index contributed by atoms with van der Waals surface area (Å²) in [6.07, 6.45) is 0.601. The summed E-state index contributed by atoms with van der Waals surface area (Å²) in [5.74, 6) is 0.593. The fraction of sp³-hybridized carbons (Fsp3) is 0.312. The zero-order valence-corrected chi connectivity index (χ0v) is 12.5. The van der Waals surface area contributed by atoms with Crippen LogP contribution in [0.3, 0.4) is 0 Å². The van der Waals surface area contributed by atoms with Crippen LogP contribution in [0.25, 0.3) is 0 Å². The molecule has 0 fully saturated rings. The first-order valence-corrected chi connectivity index (χ1v) is 7.45. The summed E-state index contributed by atoms with van der Waals surface area (Å²) in [7, 11) is 0. The van der Waals surface area contributed by atoms with E-state index in [4.69, 9.17) is 15.7 Å². The van der Waals surface area contributed by atoms with Crippen molar-refractivity contribution >= 4 is 11.3 Å². The molecule has 2 aromatic rings. The maximum atomic E-state index is 9.14. The number of hydrogen-bond donors (Lipinski definition) is 1. The molecule has 0 saturated carbocycles. The number of aryl methyl sites for hydroxylation is 1. The van der Waals surface area contributed by atoms with Gasteiger partial charge in [0.25, 0.3) is 0 Å². The van der Waals surface area contributed by atoms with Gasteiger partial charge in [-0.3, -0.25) is 0 Å². The number of nitrogens with zero attached hydrogens (tertiary/aromatic N) is 1. The van der Waals surface area contributed by atoms with Gasteiger partial charge in [0.2, 0.25) is 0 Å². The van der Waals surface area contributed by atoms with Crippen LogP contribution in [0.15, 0.2) is 36.4 Å². The van der Waals surface area contributed by atoms with Gasteiger partial charge in [-0.25, -0.2) is 0 Å². The molecular weight excluding hydrogens is 268 g/mol. The first-order valence-electron chi connectivity index (χ1n) is 6.63. The lowest BCUT2D eigenvalue weighted by Crippen LogP contribution is -2.31. The lowest BCUT2D eigenvalue weighted by atomic mass is 10.1. The Labute approximate surface area is 123 Å². The summed E-state index contributed by atoms with van der Waals surface area (Å²) in [4.78, 5) is 2.33. The molecule has 0 bridgehead atoms. The highest BCUT2D eigenvalue weighted by atomic mass is 32.1. The van der Waals surface area contributed by atoms with Crippen LogP contribution in [0, 0.1) is 18.3 Å². The average molecular weight is 286 g/mol. The summed E-state index contributed by atoms with van der Waals surface area (Å²) < 4.78 is 6.05. The van der Waals surface area contributed by atoms with E-state index in [1.54, 1.807) is 17.4 Å². The van der Waals surface area contributed by atoms with E-state index in [1.807, 2.05) is 25.1 Å². The third-order valence-electron chi connectivity index (χ3n) is 3.16. The van der Waals surface area contributed by atoms with Crippen molar-refractivity contribution in [2.75, 3.05) is 0 Å². The Balaban J connectivity index is 2.31. The Morgan fingerprint density at radius 2 is 2.05 bits per heavy atom. The molecule has 0 spiro atoms. The average Bonchev–Trinajstić information content (AvgIpc) is 2.90. The maximum absolute atomic E-state index is 9.14. The van der Waals surface area contributed by atoms with Crippen LogP contribution in [0.1, 0.15) is 34.8 Å². The lowest BCUT2D eigenvalue weighted by Gasteiger charge is -2.23. The molecule has 0 saturated heterocycles. The third-order valence-corrected chi connectivity index (χ3v) is 4.23. The number of benzene rings is 1. The number of nitrogens with two attached hydrogens (primary N) is 1. The van der Waals surface area contributed by atoms with E-state index in [-0.39, 0.29) is 12.1 Å². The van der Waals surface area contributed by atoms with Gasteiger partial charge in [-0.1, -0.05) is 19.1 Å². The SMILES string of the molecule is CCC(N)C(Oc1ccccc1C#N)c1ccc(C)s1. The molecule has 104 valence electrons. The second kappa shape index (κ2) is 6.56. The van der Waals surface area contributed by atoms with Crippen molar-refractivity contribution in [2.45, 2.75) is 32.4 Å². The smallest absolute Gasteiger partial charge is 0.148 e. The molecule has 1 aromatic carbocycles. The predicted molar refractivity (Wildman–Crippen MR) is 81.8 cm³/mol. The Morgan fingerprint density at radius 1 is 1.30 bits per heavy atom. The minimum atomic E-state index is -0.215. The largest absolute Gasteiger partial charge is 0.482 e. The van der Waals surface area contributed by atoms with Gasteiger partial charge in [-0.05, 0) is 37.6 Å². The van der Waals surface area contributed by atoms with E-state index < -0.39 is 0 Å². The van der Waals surface area contributed by atoms with Crippen LogP contribution in [0.2, 0.25) is 0 Å². The zero-order valence-electron chi connectivity index (χ0n) is 11.7. The fourth-order valence-corrected chi connectivity index (χ4v) is 2.96. The van der Waals surface area contributed by atoms with Crippen LogP contribution in [-0.2, 0) is 0 Å². The molecule has 4 heteroatoms. The monoisotopic (exact) mass is 286 g/mol. The number of thiophene rings is 1. The second-order valence-corrected chi connectivity index (χ2v) is 5.99. The highest BCUT2D eigenvalue weighted by molar-refractivity contribution is 7.12. The van der Waals surface area contributed by atoms with Crippen molar-refractivity contribution in [3.63, 3.8) is 0 Å². The summed E-state index contributed by atoms with van der Waals surface area (Å²) in [5.41, 5.74) is 6.73. The molecule has 2 unspecified atom stereocenters. The van der Waals surface area contributed by atoms with Crippen LogP contribution >= 0.6 is 11.3 Å². The zero-order chi connectivity index (χ0) is 14.5. The molecule has 1 aromatic heterocycles. The van der Waals surface area contributed by atoms with Crippen molar-refractivity contribution in [3.05, 3.63) is 51.7 Å². The van der Waals surface area contributed by atoms with Gasteiger partial charge < -0.3 is 10.5 Å². The number of para-hydroxylation sites is 1. The third kappa shape index (κ3) is 3.19. The summed E-state index contributed by atoms with van der Waals surface area (Å²) >= 11 is 1.68. The maximum Gasteiger partial charge on any atom is 0.148 e. The molecule has 1 heterocycles. The van der Waals surface area contributed by atoms with E-state index in [2.05, 4.69) is 25.1 Å². The molecule has 0 radical (unpaired) electrons. The van der Waals surface area contributed by atoms with Crippen molar-refractivity contribution in [2.24, 2.45) is 5.73 Å². The topological polar surface area (TPSA) is 59.0 Å². The van der Waals surface area contributed by atoms with Gasteiger partial charge in [0.05, 0.1) is 5.56 Å². The van der Waals surface area contributed by atoms with E-state index in [1.165, 1.54) is 4.88 Å². The van der Waals surface area contributed by atoms with Crippen LogP contribution in [-0.4, -0.2) is 6.04 Å². The van der Waals surface area contributed by atoms with Crippen LogP contribution in [0.4, 0.5) is 0 Å². The first-order chi connectivity index (χ1) is 9.65. The Kier molecular flexibility index (Phi) is 4.78. The van der Waals surface area contributed by atoms with E-state index >= 15 is 0 Å². The molecule has 0 amide bonds. The van der Waals surface area contributed by atoms with Gasteiger partial charge in [0.1, 0.15) is 17.9 Å². The molecule has 20 heavy (non-hydrogen) atoms. The molecule has 0 aliphatic rings. The Morgan fingerprint density at radius 3 is 2.65 bits per heavy atom. The molecule has 0 aliphatic carbocycles. The summed E-state index contributed by atoms with van der Waals surface area (Å²) in [5, 5.41) is 9.14. The van der Waals surface area contributed by atoms with Crippen molar-refractivity contribution < 1.29 is 4.74 Å². The number of ether oxygens (including phenoxy) is 1. The normalized spacial score (nSPS) is 13.5. The Bertz CT molecular complexity index is 615. The fourth-order valence-electron chi connectivity index (χ4n) is 1.98. The van der Waals surface area contributed by atoms with Crippen molar-refractivity contribution in [1.29, 1.82) is 5.26 Å². The van der Waals surface area contributed by atoms with Crippen molar-refractivity contribution in [3.8, 4) is 11.8 Å². The molecule has 2 rings (SSSR count). The van der Waals surface area contributed by atoms with Crippen LogP contribution < -0.4 is 10.5 Å². The summed E-state index contributed by atoms with van der Waals surface area (Å²) in [6, 6.07) is 13.4. The van der Waals surface area contributed by atoms with E-state index in [0.29, 0.717) is 11.3 Å². The number of nitriles is 1. The summed E-state index contributed by atoms with van der Waals surface area (Å²) in [6.45, 7) is 4.10.